The number of aromatic nitrogens is 3. The van der Waals surface area contributed by atoms with E-state index < -0.39 is 0 Å². The van der Waals surface area contributed by atoms with Gasteiger partial charge in [0.1, 0.15) is 0 Å². The lowest BCUT2D eigenvalue weighted by Gasteiger charge is -2.46. The third-order valence-electron chi connectivity index (χ3n) is 7.98. The fourth-order valence-electron chi connectivity index (χ4n) is 7.80. The Bertz CT molecular complexity index is 976. The number of thioether (sulfide) groups is 1. The minimum Gasteiger partial charge on any atom is -0.451 e. The molecule has 0 N–H and O–H groups in total. The first kappa shape index (κ1) is 12.0. The smallest absolute Gasteiger partial charge is 0.347 e. The Balaban J connectivity index is 1.55. The highest BCUT2D eigenvalue weighted by Crippen LogP contribution is 3.05. The lowest BCUT2D eigenvalue weighted by molar-refractivity contribution is -0.148. The van der Waals surface area contributed by atoms with Gasteiger partial charge in [0, 0.05) is 25.1 Å². The van der Waals surface area contributed by atoms with Crippen LogP contribution in [0, 0.1) is 34.5 Å². The summed E-state index contributed by atoms with van der Waals surface area (Å²) in [5.74, 6) is 2.98. The van der Waals surface area contributed by atoms with Crippen molar-refractivity contribution in [3.05, 3.63) is 21.0 Å². The van der Waals surface area contributed by atoms with E-state index in [-0.39, 0.29) is 45.7 Å². The van der Waals surface area contributed by atoms with Gasteiger partial charge >= 0.3 is 17.3 Å². The second-order valence-corrected chi connectivity index (χ2v) is 9.19. The summed E-state index contributed by atoms with van der Waals surface area (Å²) in [7, 11) is 1.57. The van der Waals surface area contributed by atoms with E-state index in [4.69, 9.17) is 4.74 Å². The fraction of sp³-hybridized carbons (Fsp3) is 0.800. The molecule has 5 fully saturated rings. The van der Waals surface area contributed by atoms with Crippen LogP contribution in [-0.4, -0.2) is 31.1 Å². The molecule has 0 unspecified atom stereocenters. The zero-order valence-electron chi connectivity index (χ0n) is 12.6. The number of ether oxygens (including phenoxy) is 1. The normalized spacial score (nSPS) is 57.2. The van der Waals surface area contributed by atoms with E-state index in [1.54, 1.807) is 28.2 Å². The fourth-order valence-corrected chi connectivity index (χ4v) is 9.81. The molecule has 4 aliphatic carbocycles. The first-order valence-corrected chi connectivity index (χ1v) is 9.23. The Morgan fingerprint density at radius 3 is 2.52 bits per heavy atom. The molecule has 7 nitrogen and oxygen atoms in total. The van der Waals surface area contributed by atoms with Crippen LogP contribution in [0.5, 0.6) is 0 Å². The summed E-state index contributed by atoms with van der Waals surface area (Å²) < 4.78 is 10.4. The summed E-state index contributed by atoms with van der Waals surface area (Å²) in [5.41, 5.74) is -0.532. The zero-order valence-corrected chi connectivity index (χ0v) is 13.4. The summed E-state index contributed by atoms with van der Waals surface area (Å²) in [6.07, 6.45) is 0. The predicted octanol–water partition coefficient (Wildman–Crippen LogP) is -0.428. The van der Waals surface area contributed by atoms with Crippen molar-refractivity contribution in [1.29, 1.82) is 0 Å². The number of nitrogens with zero attached hydrogens (tertiary/aromatic N) is 3. The third-order valence-corrected chi connectivity index (χ3v) is 9.41. The van der Waals surface area contributed by atoms with Crippen LogP contribution in [0.1, 0.15) is 19.0 Å². The molecule has 3 aliphatic heterocycles. The Kier molecular flexibility index (Phi) is 1.49. The van der Waals surface area contributed by atoms with Crippen LogP contribution < -0.4 is 11.4 Å². The minimum absolute atomic E-state index is 0.0493. The topological polar surface area (TPSA) is 75.2 Å². The van der Waals surface area contributed by atoms with E-state index in [9.17, 15) is 14.4 Å². The molecule has 8 heteroatoms. The van der Waals surface area contributed by atoms with Gasteiger partial charge in [0.15, 0.2) is 5.44 Å². The van der Waals surface area contributed by atoms with Gasteiger partial charge in [-0.15, -0.1) is 11.8 Å². The SMILES string of the molecule is CC(=O)O[C@H]1SC[C@@]23[C@@H]4[C@H]5[C@@H]6[C@@H]5[C@@H]2[C@@]13[C@H]6n1c(=O)n(C)c(=O)n14. The Morgan fingerprint density at radius 2 is 1.83 bits per heavy atom. The van der Waals surface area contributed by atoms with Crippen LogP contribution in [-0.2, 0) is 16.6 Å². The zero-order chi connectivity index (χ0) is 15.6. The number of esters is 1. The Hall–Kier alpha value is -1.44. The number of rotatable bonds is 1. The van der Waals surface area contributed by atoms with Gasteiger partial charge in [-0.2, -0.15) is 0 Å². The molecule has 9 atom stereocenters. The van der Waals surface area contributed by atoms with E-state index >= 15 is 0 Å². The Morgan fingerprint density at radius 1 is 1.17 bits per heavy atom. The van der Waals surface area contributed by atoms with Gasteiger partial charge in [-0.05, 0) is 23.7 Å². The van der Waals surface area contributed by atoms with Gasteiger partial charge < -0.3 is 4.74 Å². The predicted molar refractivity (Wildman–Crippen MR) is 78.8 cm³/mol. The van der Waals surface area contributed by atoms with Gasteiger partial charge in [-0.3, -0.25) is 4.79 Å². The van der Waals surface area contributed by atoms with Gasteiger partial charge in [0.25, 0.3) is 0 Å². The highest BCUT2D eigenvalue weighted by Gasteiger charge is 3.06. The van der Waals surface area contributed by atoms with Crippen molar-refractivity contribution < 1.29 is 9.53 Å². The molecule has 4 heterocycles. The summed E-state index contributed by atoms with van der Waals surface area (Å²) in [6.45, 7) is 1.46. The largest absolute Gasteiger partial charge is 0.451 e. The summed E-state index contributed by atoms with van der Waals surface area (Å²) in [5, 5.41) is 0. The van der Waals surface area contributed by atoms with E-state index in [0.29, 0.717) is 23.7 Å². The minimum atomic E-state index is -0.246. The lowest BCUT2D eigenvalue weighted by atomic mass is 9.72. The molecule has 0 amide bonds. The Labute approximate surface area is 134 Å². The maximum absolute atomic E-state index is 12.7. The first-order valence-electron chi connectivity index (χ1n) is 8.18. The van der Waals surface area contributed by atoms with E-state index in [2.05, 4.69) is 0 Å². The van der Waals surface area contributed by atoms with Crippen LogP contribution >= 0.6 is 11.8 Å². The summed E-state index contributed by atoms with van der Waals surface area (Å²) >= 11 is 1.72. The van der Waals surface area contributed by atoms with Gasteiger partial charge in [0.2, 0.25) is 0 Å². The van der Waals surface area contributed by atoms with Crippen LogP contribution in [0.15, 0.2) is 9.59 Å². The van der Waals surface area contributed by atoms with E-state index in [1.807, 2.05) is 0 Å². The maximum atomic E-state index is 12.7. The molecule has 120 valence electrons. The second-order valence-electron chi connectivity index (χ2n) is 8.14. The number of carbonyl (C=O) groups excluding carboxylic acids is 1. The highest BCUT2D eigenvalue weighted by molar-refractivity contribution is 8.00. The number of hydrogen-bond donors (Lipinski definition) is 0. The van der Waals surface area contributed by atoms with Crippen LogP contribution in [0.3, 0.4) is 0 Å². The highest BCUT2D eigenvalue weighted by atomic mass is 32.2. The first-order chi connectivity index (χ1) is 11.0. The van der Waals surface area contributed by atoms with E-state index in [1.165, 1.54) is 11.5 Å². The van der Waals surface area contributed by atoms with Crippen molar-refractivity contribution in [3.8, 4) is 0 Å². The van der Waals surface area contributed by atoms with Gasteiger partial charge in [-0.1, -0.05) is 0 Å². The van der Waals surface area contributed by atoms with Crippen molar-refractivity contribution >= 4 is 17.7 Å². The summed E-state index contributed by atoms with van der Waals surface area (Å²) in [6, 6.07) is 0.190. The van der Waals surface area contributed by atoms with E-state index in [0.717, 1.165) is 5.75 Å². The van der Waals surface area contributed by atoms with Crippen LogP contribution in [0.4, 0.5) is 0 Å². The maximum Gasteiger partial charge on any atom is 0.347 e. The van der Waals surface area contributed by atoms with Crippen molar-refractivity contribution in [2.24, 2.45) is 41.5 Å². The molecule has 4 saturated carbocycles. The second kappa shape index (κ2) is 2.85. The van der Waals surface area contributed by atoms with Crippen molar-refractivity contribution in [3.63, 3.8) is 0 Å². The average Bonchev–Trinajstić information content (AvgIpc) is 3.19. The molecule has 23 heavy (non-hydrogen) atoms. The standard InChI is InChI=1S/C15H15N3O4S/c1-4(19)22-11-15-8-5-6-7(5)10(15)18-13(21)16(2)12(20)17(18)9(6)14(8,15)3-23-11/h5-11H,3H2,1-2H3/t5-,6-,7+,8+,9+,10+,11+,14+,15-/m1/s1. The molecule has 1 saturated heterocycles. The lowest BCUT2D eigenvalue weighted by Crippen LogP contribution is -2.54. The van der Waals surface area contributed by atoms with Crippen LogP contribution in [0.2, 0.25) is 0 Å². The van der Waals surface area contributed by atoms with Crippen molar-refractivity contribution in [1.82, 2.24) is 13.9 Å². The molecule has 7 aliphatic rings. The third kappa shape index (κ3) is 0.776. The monoisotopic (exact) mass is 333 g/mol. The molecule has 1 aromatic rings. The number of carbonyl (C=O) groups is 1. The van der Waals surface area contributed by atoms with Crippen molar-refractivity contribution in [2.45, 2.75) is 24.4 Å². The van der Waals surface area contributed by atoms with Crippen LogP contribution in [0.25, 0.3) is 0 Å². The average molecular weight is 333 g/mol. The van der Waals surface area contributed by atoms with Gasteiger partial charge in [-0.25, -0.2) is 23.5 Å². The molecule has 8 rings (SSSR count). The van der Waals surface area contributed by atoms with Gasteiger partial charge in [0.05, 0.1) is 17.5 Å². The quantitative estimate of drug-likeness (QED) is 0.652. The summed E-state index contributed by atoms with van der Waals surface area (Å²) in [4.78, 5) is 36.9. The number of hydrogen-bond acceptors (Lipinski definition) is 5. The molecule has 0 radical (unpaired) electrons. The molecule has 2 bridgehead atoms. The van der Waals surface area contributed by atoms with Crippen molar-refractivity contribution in [2.75, 3.05) is 5.75 Å². The molecule has 0 aromatic carbocycles. The molecule has 1 aromatic heterocycles. The molecular formula is C15H15N3O4S. The molecular weight excluding hydrogens is 318 g/mol. The molecule has 2 spiro atoms.